The lowest BCUT2D eigenvalue weighted by molar-refractivity contribution is 0.0621. The zero-order valence-corrected chi connectivity index (χ0v) is 14.7. The first-order valence-electron chi connectivity index (χ1n) is 9.05. The minimum Gasteiger partial charge on any atom is -0.335 e. The highest BCUT2D eigenvalue weighted by atomic mass is 16.2. The van der Waals surface area contributed by atoms with Gasteiger partial charge in [0.1, 0.15) is 0 Å². The molecular formula is C19H25N5O. The number of aromatic amines is 1. The summed E-state index contributed by atoms with van der Waals surface area (Å²) < 4.78 is 0. The predicted octanol–water partition coefficient (Wildman–Crippen LogP) is 1.32. The first-order chi connectivity index (χ1) is 12.2. The van der Waals surface area contributed by atoms with Crippen LogP contribution in [0.2, 0.25) is 0 Å². The lowest BCUT2D eigenvalue weighted by Crippen LogP contribution is -2.48. The summed E-state index contributed by atoms with van der Waals surface area (Å²) in [5, 5.41) is 10.7. The molecule has 1 aromatic carbocycles. The Morgan fingerprint density at radius 2 is 2.08 bits per heavy atom. The molecule has 2 aliphatic heterocycles. The number of carbonyl (C=O) groups excluding carboxylic acids is 1. The van der Waals surface area contributed by atoms with Crippen LogP contribution in [0.4, 0.5) is 0 Å². The standard InChI is InChI=1S/C19H25N5O/c1-14-3-2-4-15(11-14)13-23-7-9-24(10-8-23)19(25)18-16-12-20-6-5-17(16)21-22-18/h2-4,11,20H,5-10,12-13H2,1H3,(H,21,22). The van der Waals surface area contributed by atoms with Crippen LogP contribution in [0.15, 0.2) is 24.3 Å². The molecule has 0 spiro atoms. The van der Waals surface area contributed by atoms with E-state index in [1.165, 1.54) is 11.1 Å². The van der Waals surface area contributed by atoms with E-state index in [0.29, 0.717) is 5.69 Å². The van der Waals surface area contributed by atoms with E-state index >= 15 is 0 Å². The molecule has 1 saturated heterocycles. The molecule has 2 aromatic rings. The Bertz CT molecular complexity index is 761. The summed E-state index contributed by atoms with van der Waals surface area (Å²) in [7, 11) is 0. The number of hydrogen-bond donors (Lipinski definition) is 2. The maximum Gasteiger partial charge on any atom is 0.274 e. The van der Waals surface area contributed by atoms with Gasteiger partial charge in [-0.1, -0.05) is 29.8 Å². The van der Waals surface area contributed by atoms with Crippen molar-refractivity contribution in [3.8, 4) is 0 Å². The number of amides is 1. The Morgan fingerprint density at radius 1 is 1.24 bits per heavy atom. The number of H-pyrrole nitrogens is 1. The Morgan fingerprint density at radius 3 is 2.88 bits per heavy atom. The Labute approximate surface area is 148 Å². The smallest absolute Gasteiger partial charge is 0.274 e. The molecule has 0 saturated carbocycles. The fourth-order valence-electron chi connectivity index (χ4n) is 3.73. The van der Waals surface area contributed by atoms with Crippen LogP contribution in [-0.2, 0) is 19.5 Å². The van der Waals surface area contributed by atoms with Crippen LogP contribution in [0.5, 0.6) is 0 Å². The number of benzene rings is 1. The van der Waals surface area contributed by atoms with Crippen LogP contribution >= 0.6 is 0 Å². The summed E-state index contributed by atoms with van der Waals surface area (Å²) in [5.74, 6) is 0.0661. The zero-order chi connectivity index (χ0) is 17.2. The number of rotatable bonds is 3. The third kappa shape index (κ3) is 3.45. The summed E-state index contributed by atoms with van der Waals surface area (Å²) in [5.41, 5.74) is 5.41. The average molecular weight is 339 g/mol. The summed E-state index contributed by atoms with van der Waals surface area (Å²) in [6.07, 6.45) is 0.917. The van der Waals surface area contributed by atoms with Crippen molar-refractivity contribution >= 4 is 5.91 Å². The summed E-state index contributed by atoms with van der Waals surface area (Å²) in [6, 6.07) is 8.65. The number of aromatic nitrogens is 2. The molecule has 6 nitrogen and oxygen atoms in total. The lowest BCUT2D eigenvalue weighted by atomic mass is 10.1. The summed E-state index contributed by atoms with van der Waals surface area (Å²) in [4.78, 5) is 17.2. The van der Waals surface area contributed by atoms with Gasteiger partial charge in [0.15, 0.2) is 5.69 Å². The Hall–Kier alpha value is -2.18. The fourth-order valence-corrected chi connectivity index (χ4v) is 3.73. The van der Waals surface area contributed by atoms with Gasteiger partial charge in [0.05, 0.1) is 0 Å². The molecule has 0 bridgehead atoms. The summed E-state index contributed by atoms with van der Waals surface area (Å²) in [6.45, 7) is 8.10. The molecule has 0 aliphatic carbocycles. The molecule has 25 heavy (non-hydrogen) atoms. The van der Waals surface area contributed by atoms with E-state index in [2.05, 4.69) is 51.6 Å². The highest BCUT2D eigenvalue weighted by Crippen LogP contribution is 2.18. The normalized spacial score (nSPS) is 18.2. The molecule has 1 fully saturated rings. The van der Waals surface area contributed by atoms with Crippen LogP contribution in [0.25, 0.3) is 0 Å². The van der Waals surface area contributed by atoms with E-state index in [1.54, 1.807) is 0 Å². The highest BCUT2D eigenvalue weighted by Gasteiger charge is 2.27. The van der Waals surface area contributed by atoms with E-state index in [0.717, 1.165) is 63.5 Å². The van der Waals surface area contributed by atoms with Gasteiger partial charge in [0, 0.05) is 63.5 Å². The van der Waals surface area contributed by atoms with Gasteiger partial charge in [-0.3, -0.25) is 14.8 Å². The third-order valence-electron chi connectivity index (χ3n) is 5.16. The van der Waals surface area contributed by atoms with Crippen molar-refractivity contribution in [3.05, 3.63) is 52.3 Å². The molecule has 0 unspecified atom stereocenters. The van der Waals surface area contributed by atoms with Crippen molar-refractivity contribution in [3.63, 3.8) is 0 Å². The molecule has 1 amide bonds. The van der Waals surface area contributed by atoms with Gasteiger partial charge in [-0.2, -0.15) is 5.10 Å². The fraction of sp³-hybridized carbons (Fsp3) is 0.474. The quantitative estimate of drug-likeness (QED) is 0.885. The molecule has 0 atom stereocenters. The van der Waals surface area contributed by atoms with Gasteiger partial charge in [-0.15, -0.1) is 0 Å². The van der Waals surface area contributed by atoms with Crippen molar-refractivity contribution in [2.24, 2.45) is 0 Å². The van der Waals surface area contributed by atoms with Gasteiger partial charge in [-0.25, -0.2) is 0 Å². The third-order valence-corrected chi connectivity index (χ3v) is 5.16. The van der Waals surface area contributed by atoms with Gasteiger partial charge in [0.25, 0.3) is 5.91 Å². The van der Waals surface area contributed by atoms with Crippen LogP contribution in [-0.4, -0.2) is 58.6 Å². The van der Waals surface area contributed by atoms with Crippen LogP contribution in [0.1, 0.15) is 32.9 Å². The van der Waals surface area contributed by atoms with E-state index in [4.69, 9.17) is 0 Å². The average Bonchev–Trinajstić information content (AvgIpc) is 3.06. The maximum absolute atomic E-state index is 12.8. The minimum atomic E-state index is 0.0661. The molecule has 1 aromatic heterocycles. The Balaban J connectivity index is 1.37. The minimum absolute atomic E-state index is 0.0661. The second kappa shape index (κ2) is 6.98. The largest absolute Gasteiger partial charge is 0.335 e. The van der Waals surface area contributed by atoms with Gasteiger partial charge in [-0.05, 0) is 12.5 Å². The molecular weight excluding hydrogens is 314 g/mol. The van der Waals surface area contributed by atoms with Crippen LogP contribution in [0, 0.1) is 6.92 Å². The molecule has 2 N–H and O–H groups in total. The molecule has 0 radical (unpaired) electrons. The number of hydrogen-bond acceptors (Lipinski definition) is 4. The molecule has 4 rings (SSSR count). The van der Waals surface area contributed by atoms with Gasteiger partial charge < -0.3 is 10.2 Å². The topological polar surface area (TPSA) is 64.3 Å². The second-order valence-corrected chi connectivity index (χ2v) is 7.01. The highest BCUT2D eigenvalue weighted by molar-refractivity contribution is 5.94. The number of carbonyl (C=O) groups is 1. The molecule has 132 valence electrons. The van der Waals surface area contributed by atoms with E-state index in [-0.39, 0.29) is 5.91 Å². The van der Waals surface area contributed by atoms with Crippen molar-refractivity contribution in [2.75, 3.05) is 32.7 Å². The van der Waals surface area contributed by atoms with Crippen LogP contribution in [0.3, 0.4) is 0 Å². The van der Waals surface area contributed by atoms with E-state index < -0.39 is 0 Å². The number of piperazine rings is 1. The molecule has 2 aliphatic rings. The van der Waals surface area contributed by atoms with Crippen molar-refractivity contribution in [2.45, 2.75) is 26.4 Å². The Kier molecular flexibility index (Phi) is 4.55. The summed E-state index contributed by atoms with van der Waals surface area (Å²) >= 11 is 0. The SMILES string of the molecule is Cc1cccc(CN2CCN(C(=O)c3n[nH]c4c3CNCC4)CC2)c1. The van der Waals surface area contributed by atoms with Crippen LogP contribution < -0.4 is 5.32 Å². The molecule has 6 heteroatoms. The lowest BCUT2D eigenvalue weighted by Gasteiger charge is -2.34. The molecule has 3 heterocycles. The van der Waals surface area contributed by atoms with E-state index in [1.807, 2.05) is 4.90 Å². The van der Waals surface area contributed by atoms with Gasteiger partial charge in [0.2, 0.25) is 0 Å². The van der Waals surface area contributed by atoms with E-state index in [9.17, 15) is 4.79 Å². The zero-order valence-electron chi connectivity index (χ0n) is 14.7. The first-order valence-corrected chi connectivity index (χ1v) is 9.05. The number of nitrogens with one attached hydrogen (secondary N) is 2. The van der Waals surface area contributed by atoms with Crippen molar-refractivity contribution in [1.29, 1.82) is 0 Å². The van der Waals surface area contributed by atoms with Crippen molar-refractivity contribution in [1.82, 2.24) is 25.3 Å². The second-order valence-electron chi connectivity index (χ2n) is 7.01. The number of nitrogens with zero attached hydrogens (tertiary/aromatic N) is 3. The maximum atomic E-state index is 12.8. The number of fused-ring (bicyclic) bond motifs is 1. The van der Waals surface area contributed by atoms with Crippen molar-refractivity contribution < 1.29 is 4.79 Å². The van der Waals surface area contributed by atoms with Gasteiger partial charge >= 0.3 is 0 Å². The first kappa shape index (κ1) is 16.3. The monoisotopic (exact) mass is 339 g/mol. The predicted molar refractivity (Wildman–Crippen MR) is 96.4 cm³/mol. The number of aryl methyl sites for hydroxylation is 1.